The Bertz CT molecular complexity index is 816. The molecule has 0 aliphatic rings. The van der Waals surface area contributed by atoms with Crippen LogP contribution >= 0.6 is 11.6 Å². The smallest absolute Gasteiger partial charge is 0.362 e. The topological polar surface area (TPSA) is 71.2 Å². The van der Waals surface area contributed by atoms with Gasteiger partial charge in [-0.15, -0.1) is 5.11 Å². The number of rotatable bonds is 5. The molecule has 0 spiro atoms. The fourth-order valence-electron chi connectivity index (χ4n) is 1.84. The van der Waals surface area contributed by atoms with Crippen LogP contribution in [0.4, 0.5) is 14.5 Å². The fourth-order valence-corrected chi connectivity index (χ4v) is 1.97. The van der Waals surface area contributed by atoms with Gasteiger partial charge in [-0.1, -0.05) is 17.7 Å². The van der Waals surface area contributed by atoms with Crippen LogP contribution < -0.4 is 0 Å². The molecule has 0 aromatic heterocycles. The standard InChI is InChI=1S/C17H13ClF2N2O3/c1-2-25-17(24)15(22-21-11-8-6-10(18)7-9-11)16(23)14-12(19)4-3-5-13(14)20/h3-9,23H,2H2,1H3/b16-15+,22-21?. The molecular formula is C17H13ClF2N2O3. The van der Waals surface area contributed by atoms with Crippen LogP contribution in [-0.4, -0.2) is 17.7 Å². The molecule has 130 valence electrons. The maximum atomic E-state index is 13.8. The number of hydrogen-bond acceptors (Lipinski definition) is 5. The van der Waals surface area contributed by atoms with Crippen molar-refractivity contribution in [3.8, 4) is 0 Å². The summed E-state index contributed by atoms with van der Waals surface area (Å²) in [5, 5.41) is 18.0. The average Bonchev–Trinajstić information content (AvgIpc) is 2.57. The van der Waals surface area contributed by atoms with Gasteiger partial charge in [0.2, 0.25) is 5.70 Å². The van der Waals surface area contributed by atoms with E-state index in [9.17, 15) is 18.7 Å². The average molecular weight is 367 g/mol. The molecule has 0 aliphatic carbocycles. The van der Waals surface area contributed by atoms with Gasteiger partial charge < -0.3 is 9.84 Å². The van der Waals surface area contributed by atoms with E-state index in [2.05, 4.69) is 10.2 Å². The second kappa shape index (κ2) is 8.34. The van der Waals surface area contributed by atoms with Gasteiger partial charge in [0.05, 0.1) is 17.9 Å². The van der Waals surface area contributed by atoms with Crippen LogP contribution in [-0.2, 0) is 9.53 Å². The number of halogens is 3. The lowest BCUT2D eigenvalue weighted by molar-refractivity contribution is -0.138. The second-order valence-corrected chi connectivity index (χ2v) is 5.13. The van der Waals surface area contributed by atoms with Gasteiger partial charge in [0, 0.05) is 5.02 Å². The summed E-state index contributed by atoms with van der Waals surface area (Å²) in [5.74, 6) is -4.19. The molecule has 0 atom stereocenters. The van der Waals surface area contributed by atoms with E-state index in [0.29, 0.717) is 10.7 Å². The molecule has 8 heteroatoms. The molecule has 0 aliphatic heterocycles. The Labute approximate surface area is 147 Å². The van der Waals surface area contributed by atoms with E-state index in [4.69, 9.17) is 16.3 Å². The van der Waals surface area contributed by atoms with Crippen molar-refractivity contribution in [3.63, 3.8) is 0 Å². The fraction of sp³-hybridized carbons (Fsp3) is 0.118. The van der Waals surface area contributed by atoms with Crippen LogP contribution in [0, 0.1) is 11.6 Å². The highest BCUT2D eigenvalue weighted by Gasteiger charge is 2.23. The lowest BCUT2D eigenvalue weighted by Gasteiger charge is -2.07. The highest BCUT2D eigenvalue weighted by atomic mass is 35.5. The molecule has 1 N–H and O–H groups in total. The summed E-state index contributed by atoms with van der Waals surface area (Å²) >= 11 is 5.75. The number of nitrogens with zero attached hydrogens (tertiary/aromatic N) is 2. The number of esters is 1. The van der Waals surface area contributed by atoms with Gasteiger partial charge in [0.25, 0.3) is 0 Å². The molecule has 0 amide bonds. The van der Waals surface area contributed by atoms with Crippen LogP contribution in [0.15, 0.2) is 58.4 Å². The SMILES string of the molecule is CCOC(=O)/C(N=Nc1ccc(Cl)cc1)=C(\O)c1c(F)cccc1F. The van der Waals surface area contributed by atoms with Crippen molar-refractivity contribution in [2.24, 2.45) is 10.2 Å². The monoisotopic (exact) mass is 366 g/mol. The lowest BCUT2D eigenvalue weighted by atomic mass is 10.1. The summed E-state index contributed by atoms with van der Waals surface area (Å²) in [6, 6.07) is 9.10. The molecule has 0 heterocycles. The third-order valence-corrected chi connectivity index (χ3v) is 3.24. The number of ether oxygens (including phenoxy) is 1. The van der Waals surface area contributed by atoms with E-state index in [1.807, 2.05) is 0 Å². The third kappa shape index (κ3) is 4.60. The van der Waals surface area contributed by atoms with Crippen molar-refractivity contribution in [2.45, 2.75) is 6.92 Å². The van der Waals surface area contributed by atoms with E-state index < -0.39 is 34.6 Å². The first kappa shape index (κ1) is 18.5. The van der Waals surface area contributed by atoms with Gasteiger partial charge in [-0.25, -0.2) is 13.6 Å². The summed E-state index contributed by atoms with van der Waals surface area (Å²) in [4.78, 5) is 12.0. The number of carbonyl (C=O) groups excluding carboxylic acids is 1. The highest BCUT2D eigenvalue weighted by Crippen LogP contribution is 2.25. The molecule has 0 radical (unpaired) electrons. The van der Waals surface area contributed by atoms with Crippen molar-refractivity contribution < 1.29 is 23.4 Å². The van der Waals surface area contributed by atoms with Gasteiger partial charge in [-0.05, 0) is 43.3 Å². The van der Waals surface area contributed by atoms with Gasteiger partial charge in [0.1, 0.15) is 11.6 Å². The van der Waals surface area contributed by atoms with Gasteiger partial charge in [0.15, 0.2) is 5.76 Å². The quantitative estimate of drug-likeness (QED) is 0.342. The molecule has 2 aromatic rings. The third-order valence-electron chi connectivity index (χ3n) is 2.98. The molecule has 0 unspecified atom stereocenters. The first-order chi connectivity index (χ1) is 11.9. The first-order valence-corrected chi connectivity index (χ1v) is 7.54. The Morgan fingerprint density at radius 3 is 2.32 bits per heavy atom. The van der Waals surface area contributed by atoms with E-state index >= 15 is 0 Å². The molecular weight excluding hydrogens is 354 g/mol. The summed E-state index contributed by atoms with van der Waals surface area (Å²) < 4.78 is 32.4. The Balaban J connectivity index is 2.51. The van der Waals surface area contributed by atoms with Crippen LogP contribution in [0.5, 0.6) is 0 Å². The van der Waals surface area contributed by atoms with Gasteiger partial charge >= 0.3 is 5.97 Å². The molecule has 0 saturated carbocycles. The van der Waals surface area contributed by atoms with Gasteiger partial charge in [-0.3, -0.25) is 0 Å². The minimum atomic E-state index is -1.07. The predicted octanol–water partition coefficient (Wildman–Crippen LogP) is 5.19. The zero-order valence-corrected chi connectivity index (χ0v) is 13.8. The van der Waals surface area contributed by atoms with Crippen LogP contribution in [0.1, 0.15) is 12.5 Å². The maximum absolute atomic E-state index is 13.8. The Morgan fingerprint density at radius 1 is 1.16 bits per heavy atom. The zero-order valence-electron chi connectivity index (χ0n) is 13.0. The number of benzene rings is 2. The molecule has 0 fully saturated rings. The zero-order chi connectivity index (χ0) is 18.4. The normalized spacial score (nSPS) is 12.2. The molecule has 2 aromatic carbocycles. The summed E-state index contributed by atoms with van der Waals surface area (Å²) in [6.45, 7) is 1.51. The summed E-state index contributed by atoms with van der Waals surface area (Å²) in [7, 11) is 0. The molecule has 0 bridgehead atoms. The molecule has 25 heavy (non-hydrogen) atoms. The minimum Gasteiger partial charge on any atom is -0.505 e. The van der Waals surface area contributed by atoms with Crippen LogP contribution in [0.3, 0.4) is 0 Å². The number of aliphatic hydroxyl groups excluding tert-OH is 1. The van der Waals surface area contributed by atoms with Crippen molar-refractivity contribution in [1.82, 2.24) is 0 Å². The van der Waals surface area contributed by atoms with E-state index in [0.717, 1.165) is 18.2 Å². The highest BCUT2D eigenvalue weighted by molar-refractivity contribution is 6.30. The largest absolute Gasteiger partial charge is 0.505 e. The Kier molecular flexibility index (Phi) is 6.19. The van der Waals surface area contributed by atoms with Crippen LogP contribution in [0.2, 0.25) is 5.02 Å². The Morgan fingerprint density at radius 2 is 1.76 bits per heavy atom. The Hall–Kier alpha value is -2.80. The molecule has 0 saturated heterocycles. The second-order valence-electron chi connectivity index (χ2n) is 4.69. The summed E-state index contributed by atoms with van der Waals surface area (Å²) in [5.41, 5.74) is -1.20. The predicted molar refractivity (Wildman–Crippen MR) is 88.5 cm³/mol. The number of carbonyl (C=O) groups is 1. The maximum Gasteiger partial charge on any atom is 0.362 e. The molecule has 2 rings (SSSR count). The van der Waals surface area contributed by atoms with Gasteiger partial charge in [-0.2, -0.15) is 5.11 Å². The van der Waals surface area contributed by atoms with Crippen molar-refractivity contribution >= 4 is 29.0 Å². The first-order valence-electron chi connectivity index (χ1n) is 7.16. The summed E-state index contributed by atoms with van der Waals surface area (Å²) in [6.07, 6.45) is 0. The van der Waals surface area contributed by atoms with E-state index in [1.54, 1.807) is 12.1 Å². The van der Waals surface area contributed by atoms with E-state index in [-0.39, 0.29) is 6.61 Å². The van der Waals surface area contributed by atoms with Crippen molar-refractivity contribution in [3.05, 3.63) is 70.4 Å². The number of aliphatic hydroxyl groups is 1. The molecule has 5 nitrogen and oxygen atoms in total. The van der Waals surface area contributed by atoms with E-state index in [1.165, 1.54) is 19.1 Å². The van der Waals surface area contributed by atoms with Crippen molar-refractivity contribution in [1.29, 1.82) is 0 Å². The minimum absolute atomic E-state index is 0.0220. The van der Waals surface area contributed by atoms with Crippen molar-refractivity contribution in [2.75, 3.05) is 6.61 Å². The van der Waals surface area contributed by atoms with Crippen LogP contribution in [0.25, 0.3) is 5.76 Å². The number of azo groups is 1. The lowest BCUT2D eigenvalue weighted by Crippen LogP contribution is -2.09. The number of hydrogen-bond donors (Lipinski definition) is 1.